The molecule has 2 amide bonds. The second kappa shape index (κ2) is 8.88. The van der Waals surface area contributed by atoms with E-state index in [1.54, 1.807) is 24.3 Å². The molecular weight excluding hydrogens is 352 g/mol. The Hall–Kier alpha value is -2.58. The molecule has 1 aromatic carbocycles. The quantitative estimate of drug-likeness (QED) is 0.361. The van der Waals surface area contributed by atoms with E-state index in [0.29, 0.717) is 11.1 Å². The maximum atomic E-state index is 12.4. The van der Waals surface area contributed by atoms with Gasteiger partial charge < -0.3 is 15.2 Å². The Morgan fingerprint density at radius 1 is 1.15 bits per heavy atom. The molecule has 0 bridgehead atoms. The number of imide groups is 1. The molecule has 0 fully saturated rings. The third kappa shape index (κ3) is 4.58. The van der Waals surface area contributed by atoms with Gasteiger partial charge in [0.2, 0.25) is 0 Å². The predicted molar refractivity (Wildman–Crippen MR) is 96.0 cm³/mol. The predicted octanol–water partition coefficient (Wildman–Crippen LogP) is 0.247. The van der Waals surface area contributed by atoms with Crippen LogP contribution in [0, 0.1) is 11.8 Å². The molecule has 1 aliphatic heterocycles. The van der Waals surface area contributed by atoms with Crippen molar-refractivity contribution in [1.82, 2.24) is 10.2 Å². The number of hydrogen-bond donors (Lipinski definition) is 2. The molecule has 0 spiro atoms. The van der Waals surface area contributed by atoms with Crippen molar-refractivity contribution in [2.45, 2.75) is 20.0 Å². The molecule has 2 rings (SSSR count). The van der Waals surface area contributed by atoms with Gasteiger partial charge in [0.15, 0.2) is 0 Å². The highest BCUT2D eigenvalue weighted by Gasteiger charge is 2.37. The zero-order valence-corrected chi connectivity index (χ0v) is 15.6. The lowest BCUT2D eigenvalue weighted by molar-refractivity contribution is -0.151. The normalized spacial score (nSPS) is 15.7. The van der Waals surface area contributed by atoms with E-state index in [2.05, 4.69) is 10.1 Å². The Bertz CT molecular complexity index is 710. The van der Waals surface area contributed by atoms with Crippen molar-refractivity contribution in [3.05, 3.63) is 35.4 Å². The number of carbonyl (C=O) groups is 4. The zero-order chi connectivity index (χ0) is 20.1. The molecule has 0 saturated heterocycles. The number of amides is 2. The number of β-amino-alcohol motifs (C(OH)–C–C–N with tert-alkyl or cyclic N) is 1. The number of hydrogen-bond acceptors (Lipinski definition) is 7. The maximum absolute atomic E-state index is 12.4. The van der Waals surface area contributed by atoms with Crippen molar-refractivity contribution >= 4 is 23.6 Å². The molecular formula is C19H24N2O6. The minimum Gasteiger partial charge on any atom is -0.463 e. The first kappa shape index (κ1) is 20.7. The summed E-state index contributed by atoms with van der Waals surface area (Å²) >= 11 is 0. The molecule has 8 heteroatoms. The van der Waals surface area contributed by atoms with Crippen LogP contribution >= 0.6 is 0 Å². The van der Waals surface area contributed by atoms with E-state index in [0.717, 1.165) is 12.0 Å². The van der Waals surface area contributed by atoms with E-state index in [9.17, 15) is 24.3 Å². The highest BCUT2D eigenvalue weighted by atomic mass is 16.5. The molecule has 8 nitrogen and oxygen atoms in total. The second-order valence-electron chi connectivity index (χ2n) is 6.79. The Labute approximate surface area is 157 Å². The van der Waals surface area contributed by atoms with Crippen molar-refractivity contribution in [2.24, 2.45) is 11.8 Å². The van der Waals surface area contributed by atoms with E-state index in [1.807, 2.05) is 13.8 Å². The summed E-state index contributed by atoms with van der Waals surface area (Å²) in [5.74, 6) is -2.82. The first-order chi connectivity index (χ1) is 12.8. The molecule has 1 aliphatic rings. The topological polar surface area (TPSA) is 113 Å². The number of aliphatic hydroxyl groups is 1. The second-order valence-corrected chi connectivity index (χ2v) is 6.79. The van der Waals surface area contributed by atoms with Gasteiger partial charge in [-0.15, -0.1) is 0 Å². The number of methoxy groups -OCH3 is 1. The summed E-state index contributed by atoms with van der Waals surface area (Å²) in [5.41, 5.74) is 0.662. The Morgan fingerprint density at radius 2 is 1.70 bits per heavy atom. The fourth-order valence-electron chi connectivity index (χ4n) is 3.08. The van der Waals surface area contributed by atoms with Gasteiger partial charge in [-0.3, -0.25) is 19.3 Å². The number of benzene rings is 1. The van der Waals surface area contributed by atoms with Crippen LogP contribution in [0.3, 0.4) is 0 Å². The molecule has 1 heterocycles. The summed E-state index contributed by atoms with van der Waals surface area (Å²) in [6.45, 7) is 3.67. The van der Waals surface area contributed by atoms with Gasteiger partial charge in [0.1, 0.15) is 0 Å². The Balaban J connectivity index is 1.98. The van der Waals surface area contributed by atoms with Crippen LogP contribution in [0.1, 0.15) is 34.6 Å². The number of esters is 1. The Morgan fingerprint density at radius 3 is 2.19 bits per heavy atom. The highest BCUT2D eigenvalue weighted by molar-refractivity contribution is 6.34. The minimum absolute atomic E-state index is 0.0101. The van der Waals surface area contributed by atoms with Crippen molar-refractivity contribution in [1.29, 1.82) is 0 Å². The van der Waals surface area contributed by atoms with Gasteiger partial charge in [0, 0.05) is 12.5 Å². The fraction of sp³-hybridized carbons (Fsp3) is 0.474. The summed E-state index contributed by atoms with van der Waals surface area (Å²) in [4.78, 5) is 48.5. The highest BCUT2D eigenvalue weighted by Crippen LogP contribution is 2.24. The fourth-order valence-corrected chi connectivity index (χ4v) is 3.08. The van der Waals surface area contributed by atoms with Crippen molar-refractivity contribution in [3.63, 3.8) is 0 Å². The number of ether oxygens (including phenoxy) is 1. The van der Waals surface area contributed by atoms with Crippen LogP contribution in [0.4, 0.5) is 0 Å². The van der Waals surface area contributed by atoms with Crippen LogP contribution in [0.15, 0.2) is 24.3 Å². The molecule has 2 atom stereocenters. The van der Waals surface area contributed by atoms with Gasteiger partial charge in [-0.1, -0.05) is 26.0 Å². The van der Waals surface area contributed by atoms with Gasteiger partial charge in [-0.05, 0) is 18.1 Å². The van der Waals surface area contributed by atoms with Crippen molar-refractivity contribution < 1.29 is 29.0 Å². The maximum Gasteiger partial charge on any atom is 0.375 e. The Kier molecular flexibility index (Phi) is 6.81. The average Bonchev–Trinajstić information content (AvgIpc) is 2.89. The molecule has 0 aromatic heterocycles. The zero-order valence-electron chi connectivity index (χ0n) is 15.6. The van der Waals surface area contributed by atoms with E-state index >= 15 is 0 Å². The number of fused-ring (bicyclic) bond motifs is 1. The molecule has 146 valence electrons. The summed E-state index contributed by atoms with van der Waals surface area (Å²) < 4.78 is 4.35. The van der Waals surface area contributed by atoms with Crippen molar-refractivity contribution in [3.8, 4) is 0 Å². The number of ketones is 1. The number of rotatable bonds is 9. The van der Waals surface area contributed by atoms with Crippen molar-refractivity contribution in [2.75, 3.05) is 26.7 Å². The molecule has 0 aliphatic carbocycles. The SMILES string of the molecule is COC(=O)C(=O)CNC[C@@H](C(C)C)[C@@H](O)CN1C(=O)c2ccccc2C1=O. The minimum atomic E-state index is -0.979. The molecule has 0 unspecified atom stereocenters. The lowest BCUT2D eigenvalue weighted by Crippen LogP contribution is -2.45. The van der Waals surface area contributed by atoms with Crippen LogP contribution in [-0.4, -0.2) is 66.4 Å². The molecule has 0 radical (unpaired) electrons. The number of carbonyl (C=O) groups excluding carboxylic acids is 4. The van der Waals surface area contributed by atoms with Gasteiger partial charge >= 0.3 is 5.97 Å². The van der Waals surface area contributed by atoms with Crippen LogP contribution in [-0.2, 0) is 14.3 Å². The summed E-state index contributed by atoms with van der Waals surface area (Å²) in [7, 11) is 1.13. The first-order valence-corrected chi connectivity index (χ1v) is 8.73. The lowest BCUT2D eigenvalue weighted by Gasteiger charge is -2.29. The smallest absolute Gasteiger partial charge is 0.375 e. The van der Waals surface area contributed by atoms with Crippen LogP contribution in [0.5, 0.6) is 0 Å². The third-order valence-electron chi connectivity index (χ3n) is 4.68. The van der Waals surface area contributed by atoms with E-state index < -0.39 is 29.7 Å². The summed E-state index contributed by atoms with van der Waals surface area (Å²) in [6, 6.07) is 6.54. The lowest BCUT2D eigenvalue weighted by atomic mass is 9.89. The average molecular weight is 376 g/mol. The number of Topliss-reactive ketones (excluding diaryl/α,β-unsaturated/α-hetero) is 1. The van der Waals surface area contributed by atoms with Crippen LogP contribution < -0.4 is 5.32 Å². The monoisotopic (exact) mass is 376 g/mol. The first-order valence-electron chi connectivity index (χ1n) is 8.73. The van der Waals surface area contributed by atoms with Gasteiger partial charge in [-0.2, -0.15) is 0 Å². The van der Waals surface area contributed by atoms with Gasteiger partial charge in [0.25, 0.3) is 17.6 Å². The number of aliphatic hydroxyl groups excluding tert-OH is 1. The number of nitrogens with zero attached hydrogens (tertiary/aromatic N) is 1. The van der Waals surface area contributed by atoms with Crippen LogP contribution in [0.2, 0.25) is 0 Å². The standard InChI is InChI=1S/C19H24N2O6/c1-11(2)14(8-20-9-15(22)19(26)27-3)16(23)10-21-17(24)12-6-4-5-7-13(12)18(21)25/h4-7,11,14,16,20,23H,8-10H2,1-3H3/t14-,16-/m0/s1. The third-order valence-corrected chi connectivity index (χ3v) is 4.68. The van der Waals surface area contributed by atoms with E-state index in [-0.39, 0.29) is 31.5 Å². The van der Waals surface area contributed by atoms with Crippen LogP contribution in [0.25, 0.3) is 0 Å². The largest absolute Gasteiger partial charge is 0.463 e. The van der Waals surface area contributed by atoms with E-state index in [1.165, 1.54) is 0 Å². The summed E-state index contributed by atoms with van der Waals surface area (Å²) in [5, 5.41) is 13.4. The number of nitrogens with one attached hydrogen (secondary N) is 1. The van der Waals surface area contributed by atoms with Gasteiger partial charge in [-0.25, -0.2) is 4.79 Å². The van der Waals surface area contributed by atoms with E-state index in [4.69, 9.17) is 0 Å². The molecule has 1 aromatic rings. The molecule has 27 heavy (non-hydrogen) atoms. The molecule has 0 saturated carbocycles. The molecule has 2 N–H and O–H groups in total. The summed E-state index contributed by atoms with van der Waals surface area (Å²) in [6.07, 6.45) is -0.979. The van der Waals surface area contributed by atoms with Gasteiger partial charge in [0.05, 0.1) is 37.4 Å².